The monoisotopic (exact) mass is 244 g/mol. The Kier molecular flexibility index (Phi) is 3.66. The molecule has 0 aromatic heterocycles. The van der Waals surface area contributed by atoms with E-state index in [0.717, 1.165) is 19.3 Å². The van der Waals surface area contributed by atoms with Crippen LogP contribution in [0, 0.1) is 5.92 Å². The van der Waals surface area contributed by atoms with Crippen LogP contribution in [0.25, 0.3) is 0 Å². The highest BCUT2D eigenvalue weighted by Gasteiger charge is 2.44. The zero-order valence-corrected chi connectivity index (χ0v) is 11.0. The van der Waals surface area contributed by atoms with E-state index in [0.29, 0.717) is 31.1 Å². The average molecular weight is 244 g/mol. The van der Waals surface area contributed by atoms with Gasteiger partial charge in [0.2, 0.25) is 0 Å². The summed E-state index contributed by atoms with van der Waals surface area (Å²) in [6.07, 6.45) is 0.524. The number of ether oxygens (including phenoxy) is 2. The zero-order valence-electron chi connectivity index (χ0n) is 10.0. The van der Waals surface area contributed by atoms with Gasteiger partial charge in [0.25, 0.3) is 14.3 Å². The maximum atomic E-state index is 11.8. The molecule has 2 aliphatic heterocycles. The van der Waals surface area contributed by atoms with Crippen LogP contribution in [0.1, 0.15) is 13.3 Å². The number of hydrogen-bond acceptors (Lipinski definition) is 4. The van der Waals surface area contributed by atoms with E-state index in [2.05, 4.69) is 13.5 Å². The van der Waals surface area contributed by atoms with Crippen LogP contribution in [0.3, 0.4) is 0 Å². The third-order valence-electron chi connectivity index (χ3n) is 3.71. The minimum atomic E-state index is -1.87. The first-order valence-corrected chi connectivity index (χ1v) is 8.70. The van der Waals surface area contributed by atoms with Crippen molar-refractivity contribution in [2.24, 2.45) is 5.92 Å². The summed E-state index contributed by atoms with van der Waals surface area (Å²) in [4.78, 5) is 11.8. The minimum Gasteiger partial charge on any atom is -0.519 e. The van der Waals surface area contributed by atoms with Crippen LogP contribution in [0.5, 0.6) is 0 Å². The van der Waals surface area contributed by atoms with Crippen LogP contribution < -0.4 is 0 Å². The third-order valence-corrected chi connectivity index (χ3v) is 7.87. The van der Waals surface area contributed by atoms with Gasteiger partial charge in [0.05, 0.1) is 32.8 Å². The van der Waals surface area contributed by atoms with Gasteiger partial charge in [0.1, 0.15) is 0 Å². The van der Waals surface area contributed by atoms with Crippen LogP contribution in [0.15, 0.2) is 0 Å². The largest absolute Gasteiger partial charge is 0.519 e. The highest BCUT2D eigenvalue weighted by molar-refractivity contribution is 6.75. The lowest BCUT2D eigenvalue weighted by molar-refractivity contribution is -0.141. The van der Waals surface area contributed by atoms with Gasteiger partial charge in [-0.2, -0.15) is 0 Å². The zero-order chi connectivity index (χ0) is 11.6. The summed E-state index contributed by atoms with van der Waals surface area (Å²) >= 11 is 0. The van der Waals surface area contributed by atoms with Crippen molar-refractivity contribution in [2.75, 3.05) is 26.4 Å². The van der Waals surface area contributed by atoms with E-state index in [1.807, 2.05) is 0 Å². The van der Waals surface area contributed by atoms with Crippen molar-refractivity contribution in [1.82, 2.24) is 0 Å². The molecule has 0 aromatic rings. The van der Waals surface area contributed by atoms with Crippen LogP contribution in [0.2, 0.25) is 18.1 Å². The second-order valence-corrected chi connectivity index (χ2v) is 9.34. The van der Waals surface area contributed by atoms with E-state index < -0.39 is 8.32 Å². The lowest BCUT2D eigenvalue weighted by Crippen LogP contribution is -2.50. The Labute approximate surface area is 97.4 Å². The smallest absolute Gasteiger partial charge is 0.292 e. The van der Waals surface area contributed by atoms with Crippen LogP contribution in [0.4, 0.5) is 0 Å². The molecule has 1 unspecified atom stereocenters. The van der Waals surface area contributed by atoms with Gasteiger partial charge < -0.3 is 13.9 Å². The molecule has 2 saturated heterocycles. The molecule has 92 valence electrons. The lowest BCUT2D eigenvalue weighted by atomic mass is 10.1. The van der Waals surface area contributed by atoms with E-state index in [1.165, 1.54) is 0 Å². The number of hydrogen-bond donors (Lipinski definition) is 0. The molecule has 2 rings (SSSR count). The first-order chi connectivity index (χ1) is 7.64. The molecule has 4 nitrogen and oxygen atoms in total. The first-order valence-electron chi connectivity index (χ1n) is 6.01. The Morgan fingerprint density at radius 1 is 1.31 bits per heavy atom. The molecule has 0 spiro atoms. The normalized spacial score (nSPS) is 25.4. The molecule has 0 aliphatic carbocycles. The first kappa shape index (κ1) is 12.1. The second-order valence-electron chi connectivity index (χ2n) is 4.98. The van der Waals surface area contributed by atoms with Gasteiger partial charge in [-0.25, -0.2) is 0 Å². The van der Waals surface area contributed by atoms with E-state index in [4.69, 9.17) is 13.9 Å². The SMILES string of the molecule is CC[Si](C)(OC(=O)CC1COC1)C1COC1. The quantitative estimate of drug-likeness (QED) is 0.689. The number of carbonyl (C=O) groups is 1. The van der Waals surface area contributed by atoms with Gasteiger partial charge in [-0.3, -0.25) is 4.79 Å². The fourth-order valence-electron chi connectivity index (χ4n) is 1.97. The Morgan fingerprint density at radius 3 is 2.31 bits per heavy atom. The molecule has 16 heavy (non-hydrogen) atoms. The lowest BCUT2D eigenvalue weighted by Gasteiger charge is -2.39. The Morgan fingerprint density at radius 2 is 1.94 bits per heavy atom. The third kappa shape index (κ3) is 2.47. The predicted molar refractivity (Wildman–Crippen MR) is 61.7 cm³/mol. The van der Waals surface area contributed by atoms with Gasteiger partial charge >= 0.3 is 0 Å². The Bertz CT molecular complexity index is 263. The molecule has 0 radical (unpaired) electrons. The molecule has 2 heterocycles. The molecule has 0 saturated carbocycles. The van der Waals surface area contributed by atoms with Crippen molar-refractivity contribution in [3.05, 3.63) is 0 Å². The van der Waals surface area contributed by atoms with Crippen molar-refractivity contribution < 1.29 is 18.7 Å². The molecule has 2 aliphatic rings. The van der Waals surface area contributed by atoms with Gasteiger partial charge in [-0.15, -0.1) is 0 Å². The second kappa shape index (κ2) is 4.85. The summed E-state index contributed by atoms with van der Waals surface area (Å²) in [6, 6.07) is 0.980. The molecule has 0 N–H and O–H groups in total. The summed E-state index contributed by atoms with van der Waals surface area (Å²) in [7, 11) is -1.87. The van der Waals surface area contributed by atoms with Gasteiger partial charge in [-0.1, -0.05) is 6.92 Å². The van der Waals surface area contributed by atoms with E-state index in [9.17, 15) is 4.79 Å². The van der Waals surface area contributed by atoms with E-state index in [-0.39, 0.29) is 5.97 Å². The molecular weight excluding hydrogens is 224 g/mol. The summed E-state index contributed by atoms with van der Waals surface area (Å²) < 4.78 is 16.0. The molecule has 1 atom stereocenters. The molecule has 5 heteroatoms. The fraction of sp³-hybridized carbons (Fsp3) is 0.909. The maximum Gasteiger partial charge on any atom is 0.292 e. The Hall–Kier alpha value is -0.393. The number of rotatable bonds is 5. The highest BCUT2D eigenvalue weighted by atomic mass is 28.4. The molecule has 2 fully saturated rings. The standard InChI is InChI=1S/C11H20O4Si/c1-3-16(2,10-7-14-8-10)15-11(12)4-9-5-13-6-9/h9-10H,3-8H2,1-2H3. The van der Waals surface area contributed by atoms with Crippen LogP contribution in [-0.4, -0.2) is 40.7 Å². The molecule has 0 bridgehead atoms. The fourth-order valence-corrected chi connectivity index (χ4v) is 4.40. The van der Waals surface area contributed by atoms with Crippen molar-refractivity contribution in [2.45, 2.75) is 31.5 Å². The summed E-state index contributed by atoms with van der Waals surface area (Å²) in [5, 5.41) is 0. The number of carbonyl (C=O) groups excluding carboxylic acids is 1. The Balaban J connectivity index is 1.82. The van der Waals surface area contributed by atoms with Crippen molar-refractivity contribution in [1.29, 1.82) is 0 Å². The topological polar surface area (TPSA) is 44.8 Å². The summed E-state index contributed by atoms with van der Waals surface area (Å²) in [5.74, 6) is 0.358. The molecule has 0 amide bonds. The van der Waals surface area contributed by atoms with Gasteiger partial charge in [0.15, 0.2) is 0 Å². The van der Waals surface area contributed by atoms with Crippen molar-refractivity contribution >= 4 is 14.3 Å². The summed E-state index contributed by atoms with van der Waals surface area (Å²) in [6.45, 7) is 7.24. The van der Waals surface area contributed by atoms with E-state index in [1.54, 1.807) is 0 Å². The van der Waals surface area contributed by atoms with Gasteiger partial charge in [0, 0.05) is 11.5 Å². The highest BCUT2D eigenvalue weighted by Crippen LogP contribution is 2.34. The molecule has 0 aromatic carbocycles. The predicted octanol–water partition coefficient (Wildman–Crippen LogP) is 1.56. The van der Waals surface area contributed by atoms with Crippen LogP contribution in [-0.2, 0) is 18.7 Å². The van der Waals surface area contributed by atoms with Crippen LogP contribution >= 0.6 is 0 Å². The van der Waals surface area contributed by atoms with Gasteiger partial charge in [-0.05, 0) is 12.6 Å². The average Bonchev–Trinajstić information content (AvgIpc) is 2.08. The van der Waals surface area contributed by atoms with Crippen molar-refractivity contribution in [3.8, 4) is 0 Å². The van der Waals surface area contributed by atoms with Crippen molar-refractivity contribution in [3.63, 3.8) is 0 Å². The molecular formula is C11H20O4Si. The summed E-state index contributed by atoms with van der Waals surface area (Å²) in [5.41, 5.74) is 0.499. The maximum absolute atomic E-state index is 11.8. The minimum absolute atomic E-state index is 0.0313. The van der Waals surface area contributed by atoms with E-state index >= 15 is 0 Å².